The molecule has 0 amide bonds. The zero-order valence-electron chi connectivity index (χ0n) is 24.1. The lowest BCUT2D eigenvalue weighted by Gasteiger charge is -2.44. The molecule has 0 unspecified atom stereocenters. The third kappa shape index (κ3) is 4.99. The van der Waals surface area contributed by atoms with Crippen LogP contribution in [0.4, 0.5) is 5.82 Å². The van der Waals surface area contributed by atoms with E-state index >= 15 is 0 Å². The van der Waals surface area contributed by atoms with E-state index in [0.717, 1.165) is 48.2 Å². The van der Waals surface area contributed by atoms with Gasteiger partial charge in [-0.1, -0.05) is 33.8 Å². The number of aliphatic hydroxyl groups is 2. The van der Waals surface area contributed by atoms with Gasteiger partial charge in [0.15, 0.2) is 0 Å². The number of aliphatic hydroxyl groups excluding tert-OH is 2. The molecule has 3 heterocycles. The van der Waals surface area contributed by atoms with E-state index in [1.165, 1.54) is 24.7 Å². The predicted molar refractivity (Wildman–Crippen MR) is 158 cm³/mol. The Kier molecular flexibility index (Phi) is 7.09. The zero-order chi connectivity index (χ0) is 28.2. The fraction of sp³-hybridized carbons (Fsp3) is 0.581. The summed E-state index contributed by atoms with van der Waals surface area (Å²) in [4.78, 5) is 19.4. The van der Waals surface area contributed by atoms with Crippen LogP contribution in [-0.2, 0) is 11.8 Å². The lowest BCUT2D eigenvalue weighted by atomic mass is 9.76. The van der Waals surface area contributed by atoms with Crippen LogP contribution in [-0.4, -0.2) is 71.0 Å². The summed E-state index contributed by atoms with van der Waals surface area (Å²) < 4.78 is 1.96. The second-order valence-corrected chi connectivity index (χ2v) is 13.0. The van der Waals surface area contributed by atoms with Crippen molar-refractivity contribution in [1.29, 1.82) is 0 Å². The highest BCUT2D eigenvalue weighted by Crippen LogP contribution is 2.40. The fourth-order valence-corrected chi connectivity index (χ4v) is 6.87. The van der Waals surface area contributed by atoms with Gasteiger partial charge in [0, 0.05) is 31.1 Å². The fourth-order valence-electron chi connectivity index (χ4n) is 6.87. The summed E-state index contributed by atoms with van der Waals surface area (Å²) in [6.45, 7) is 10.6. The molecule has 5 N–H and O–H groups in total. The molecule has 9 heteroatoms. The minimum atomic E-state index is -0.840. The molecule has 0 bridgehead atoms. The zero-order valence-corrected chi connectivity index (χ0v) is 24.1. The number of anilines is 1. The summed E-state index contributed by atoms with van der Waals surface area (Å²) in [5, 5.41) is 22.8. The van der Waals surface area contributed by atoms with Gasteiger partial charge in [-0.15, -0.1) is 0 Å². The van der Waals surface area contributed by atoms with Crippen molar-refractivity contribution in [2.24, 2.45) is 11.8 Å². The molecule has 4 atom stereocenters. The van der Waals surface area contributed by atoms with E-state index in [1.807, 2.05) is 16.8 Å². The second kappa shape index (κ2) is 10.4. The van der Waals surface area contributed by atoms with E-state index in [0.29, 0.717) is 29.8 Å². The SMILES string of the molecule is CCN(C[C@H]1C[C@@H](n2ccc3c(N)ncnc32)[C@H](O)[C@@H]1O)C1CC(CCc2nc3ccc(C(C)(C)C)cc3[nH]2)C1. The van der Waals surface area contributed by atoms with Crippen LogP contribution in [0.2, 0.25) is 0 Å². The first kappa shape index (κ1) is 27.2. The van der Waals surface area contributed by atoms with Crippen molar-refractivity contribution in [2.45, 2.75) is 89.5 Å². The number of nitrogens with zero attached hydrogens (tertiary/aromatic N) is 5. The number of nitrogens with one attached hydrogen (secondary N) is 1. The topological polar surface area (TPSA) is 129 Å². The molecule has 2 fully saturated rings. The summed E-state index contributed by atoms with van der Waals surface area (Å²) >= 11 is 0. The van der Waals surface area contributed by atoms with Crippen molar-refractivity contribution in [1.82, 2.24) is 29.4 Å². The lowest BCUT2D eigenvalue weighted by molar-refractivity contribution is -0.0101. The maximum atomic E-state index is 11.0. The summed E-state index contributed by atoms with van der Waals surface area (Å²) in [6.07, 6.45) is 6.91. The van der Waals surface area contributed by atoms with Crippen LogP contribution in [0.25, 0.3) is 22.1 Å². The van der Waals surface area contributed by atoms with Crippen LogP contribution in [0.3, 0.4) is 0 Å². The molecule has 4 aromatic rings. The molecular formula is C31H43N7O2. The molecule has 0 saturated heterocycles. The van der Waals surface area contributed by atoms with Crippen molar-refractivity contribution in [3.05, 3.63) is 48.2 Å². The molecule has 0 aliphatic heterocycles. The quantitative estimate of drug-likeness (QED) is 0.261. The summed E-state index contributed by atoms with van der Waals surface area (Å²) in [6, 6.07) is 8.75. The number of aryl methyl sites for hydroxylation is 1. The molecule has 1 aromatic carbocycles. The molecule has 214 valence electrons. The Morgan fingerprint density at radius 2 is 1.90 bits per heavy atom. The third-order valence-electron chi connectivity index (χ3n) is 9.46. The minimum absolute atomic E-state index is 0.00386. The van der Waals surface area contributed by atoms with E-state index in [4.69, 9.17) is 10.7 Å². The Bertz CT molecular complexity index is 1480. The molecule has 40 heavy (non-hydrogen) atoms. The predicted octanol–water partition coefficient (Wildman–Crippen LogP) is 4.20. The normalized spacial score (nSPS) is 27.2. The van der Waals surface area contributed by atoms with Crippen LogP contribution in [0.5, 0.6) is 0 Å². The number of imidazole rings is 1. The highest BCUT2D eigenvalue weighted by molar-refractivity contribution is 5.86. The van der Waals surface area contributed by atoms with Gasteiger partial charge in [-0.3, -0.25) is 0 Å². The van der Waals surface area contributed by atoms with Crippen molar-refractivity contribution < 1.29 is 10.2 Å². The third-order valence-corrected chi connectivity index (χ3v) is 9.46. The number of nitrogens with two attached hydrogens (primary N) is 1. The van der Waals surface area contributed by atoms with Gasteiger partial charge in [0.2, 0.25) is 0 Å². The van der Waals surface area contributed by atoms with Gasteiger partial charge in [0.05, 0.1) is 28.6 Å². The Morgan fingerprint density at radius 1 is 1.10 bits per heavy atom. The van der Waals surface area contributed by atoms with Crippen LogP contribution < -0.4 is 5.73 Å². The number of hydrogen-bond donors (Lipinski definition) is 4. The Morgan fingerprint density at radius 3 is 2.65 bits per heavy atom. The maximum Gasteiger partial charge on any atom is 0.145 e. The highest BCUT2D eigenvalue weighted by atomic mass is 16.3. The molecule has 3 aromatic heterocycles. The van der Waals surface area contributed by atoms with Crippen LogP contribution >= 0.6 is 0 Å². The van der Waals surface area contributed by atoms with E-state index in [1.54, 1.807) is 0 Å². The first-order valence-electron chi connectivity index (χ1n) is 14.8. The Hall–Kier alpha value is -3.01. The average molecular weight is 546 g/mol. The minimum Gasteiger partial charge on any atom is -0.390 e. The lowest BCUT2D eigenvalue weighted by Crippen LogP contribution is -2.48. The van der Waals surface area contributed by atoms with E-state index in [-0.39, 0.29) is 17.4 Å². The number of hydrogen-bond acceptors (Lipinski definition) is 7. The van der Waals surface area contributed by atoms with Crippen molar-refractivity contribution >= 4 is 27.9 Å². The molecule has 2 saturated carbocycles. The molecule has 0 radical (unpaired) electrons. The molecule has 9 nitrogen and oxygen atoms in total. The first-order chi connectivity index (χ1) is 19.1. The van der Waals surface area contributed by atoms with E-state index in [2.05, 4.69) is 65.7 Å². The first-order valence-corrected chi connectivity index (χ1v) is 14.8. The van der Waals surface area contributed by atoms with Crippen LogP contribution in [0.1, 0.15) is 70.8 Å². The number of nitrogen functional groups attached to an aromatic ring is 1. The number of aromatic amines is 1. The molecule has 0 spiro atoms. The number of rotatable bonds is 8. The van der Waals surface area contributed by atoms with Gasteiger partial charge in [-0.2, -0.15) is 0 Å². The summed E-state index contributed by atoms with van der Waals surface area (Å²) in [7, 11) is 0. The standard InChI is InChI=1S/C31H43N7O2/c1-5-37(16-19-14-25(28(40)27(19)39)38-11-10-22-29(32)33-17-34-30(22)38)21-12-18(13-21)6-9-26-35-23-8-7-20(31(2,3)4)15-24(23)36-26/h7-8,10-11,15,17-19,21,25,27-28,39-40H,5-6,9,12-14,16H2,1-4H3,(H,35,36)(H2,32,33,34)/t18?,19-,21?,25-,27-,28+/m1/s1. The van der Waals surface area contributed by atoms with E-state index < -0.39 is 12.2 Å². The van der Waals surface area contributed by atoms with Gasteiger partial charge in [-0.25, -0.2) is 15.0 Å². The Labute approximate surface area is 235 Å². The molecular weight excluding hydrogens is 502 g/mol. The highest BCUT2D eigenvalue weighted by Gasteiger charge is 2.44. The maximum absolute atomic E-state index is 11.0. The average Bonchev–Trinajstić information content (AvgIpc) is 3.58. The Balaban J connectivity index is 1.03. The van der Waals surface area contributed by atoms with Crippen molar-refractivity contribution in [3.63, 3.8) is 0 Å². The van der Waals surface area contributed by atoms with Gasteiger partial charge in [-0.05, 0) is 67.3 Å². The van der Waals surface area contributed by atoms with Gasteiger partial charge in [0.1, 0.15) is 29.7 Å². The van der Waals surface area contributed by atoms with Crippen LogP contribution in [0.15, 0.2) is 36.8 Å². The summed E-state index contributed by atoms with van der Waals surface area (Å²) in [5.74, 6) is 2.21. The van der Waals surface area contributed by atoms with E-state index in [9.17, 15) is 10.2 Å². The molecule has 6 rings (SSSR count). The van der Waals surface area contributed by atoms with Crippen molar-refractivity contribution in [3.8, 4) is 0 Å². The molecule has 2 aliphatic carbocycles. The number of fused-ring (bicyclic) bond motifs is 2. The number of benzene rings is 1. The largest absolute Gasteiger partial charge is 0.390 e. The van der Waals surface area contributed by atoms with Crippen molar-refractivity contribution in [2.75, 3.05) is 18.8 Å². The number of aromatic nitrogens is 5. The van der Waals surface area contributed by atoms with Gasteiger partial charge >= 0.3 is 0 Å². The second-order valence-electron chi connectivity index (χ2n) is 13.0. The monoisotopic (exact) mass is 545 g/mol. The smallest absolute Gasteiger partial charge is 0.145 e. The van der Waals surface area contributed by atoms with Crippen LogP contribution in [0, 0.1) is 11.8 Å². The molecule has 2 aliphatic rings. The van der Waals surface area contributed by atoms with Gasteiger partial charge in [0.25, 0.3) is 0 Å². The summed E-state index contributed by atoms with van der Waals surface area (Å²) in [5.41, 5.74) is 10.3. The van der Waals surface area contributed by atoms with Gasteiger partial charge < -0.3 is 30.4 Å². The number of H-pyrrole nitrogens is 1.